The van der Waals surface area contributed by atoms with Crippen molar-refractivity contribution in [2.75, 3.05) is 81.1 Å². The van der Waals surface area contributed by atoms with E-state index in [0.717, 1.165) is 24.1 Å². The van der Waals surface area contributed by atoms with Gasteiger partial charge in [0.05, 0.1) is 31.7 Å². The molecule has 0 amide bonds. The van der Waals surface area contributed by atoms with Crippen LogP contribution in [-0.2, 0) is 39.0 Å². The fourth-order valence-electron chi connectivity index (χ4n) is 3.77. The number of hydrogen-bond acceptors (Lipinski definition) is 28. The molecule has 1 aromatic carbocycles. The first kappa shape index (κ1) is 55.7. The molecule has 0 aliphatic heterocycles. The quantitative estimate of drug-likeness (QED) is 0.00949. The van der Waals surface area contributed by atoms with Crippen molar-refractivity contribution in [3.63, 3.8) is 0 Å². The molecule has 0 saturated carbocycles. The van der Waals surface area contributed by atoms with Crippen molar-refractivity contribution in [2.24, 2.45) is 0 Å². The largest absolute Gasteiger partial charge is 1.00 e. The molecule has 0 radical (unpaired) electrons. The van der Waals surface area contributed by atoms with E-state index in [1.54, 1.807) is 24.3 Å². The summed E-state index contributed by atoms with van der Waals surface area (Å²) in [4.78, 5) is 25.3. The van der Waals surface area contributed by atoms with Gasteiger partial charge in [-0.2, -0.15) is 38.6 Å². The van der Waals surface area contributed by atoms with E-state index in [9.17, 15) is 36.5 Å². The Labute approximate surface area is 416 Å². The molecule has 6 N–H and O–H groups in total. The van der Waals surface area contributed by atoms with Crippen molar-refractivity contribution in [1.82, 2.24) is 40.1 Å². The van der Waals surface area contributed by atoms with Crippen LogP contribution >= 0.6 is 24.1 Å². The number of anilines is 8. The summed E-state index contributed by atoms with van der Waals surface area (Å²) < 4.78 is 74.8. The number of rotatable bonds is 24. The average Bonchev–Trinajstić information content (AvgIpc) is 3.08. The maximum Gasteiger partial charge on any atom is 1.00 e. The Morgan fingerprint density at radius 1 is 0.536 bits per heavy atom. The van der Waals surface area contributed by atoms with E-state index in [1.165, 1.54) is 0 Å². The van der Waals surface area contributed by atoms with E-state index in [0.29, 0.717) is 10.8 Å². The second kappa shape index (κ2) is 29.0. The van der Waals surface area contributed by atoms with Gasteiger partial charge in [-0.05, 0) is 0 Å². The summed E-state index contributed by atoms with van der Waals surface area (Å²) in [6.07, 6.45) is 0. The number of hydrogen-bond donors (Lipinski definition) is 6. The van der Waals surface area contributed by atoms with Crippen LogP contribution in [0.25, 0.3) is 10.8 Å². The van der Waals surface area contributed by atoms with Gasteiger partial charge in [0.1, 0.15) is 0 Å². The summed E-state index contributed by atoms with van der Waals surface area (Å²) in [7, 11) is -9.13. The van der Waals surface area contributed by atoms with Gasteiger partial charge in [-0.1, -0.05) is 24.3 Å². The minimum Gasteiger partial charge on any atom is -0.748 e. The van der Waals surface area contributed by atoms with Crippen molar-refractivity contribution in [2.45, 2.75) is 0 Å². The molecular weight excluding hydrogens is 873 g/mol. The van der Waals surface area contributed by atoms with Crippen molar-refractivity contribution in [1.29, 1.82) is 0 Å². The van der Waals surface area contributed by atoms with Crippen LogP contribution in [0.1, 0.15) is 0 Å². The van der Waals surface area contributed by atoms with Crippen molar-refractivity contribution in [3.8, 4) is 0 Å². The summed E-state index contributed by atoms with van der Waals surface area (Å²) in [6.45, 7) is -0.200. The molecule has 34 heteroatoms. The van der Waals surface area contributed by atoms with Gasteiger partial charge in [0.15, 0.2) is 11.6 Å². The molecular formula is C22H26N14Na4O12S4. The first-order valence-corrected chi connectivity index (χ1v) is 19.2. The van der Waals surface area contributed by atoms with Gasteiger partial charge in [0, 0.05) is 72.5 Å². The molecule has 0 bridgehead atoms. The van der Waals surface area contributed by atoms with E-state index in [-0.39, 0.29) is 203 Å². The van der Waals surface area contributed by atoms with E-state index in [4.69, 9.17) is 0 Å². The second-order valence-corrected chi connectivity index (χ2v) is 14.1. The van der Waals surface area contributed by atoms with Crippen LogP contribution in [0.15, 0.2) is 24.3 Å². The van der Waals surface area contributed by atoms with Gasteiger partial charge in [0.2, 0.25) is 35.7 Å². The first-order chi connectivity index (χ1) is 24.9. The maximum atomic E-state index is 11.0. The molecule has 3 aromatic heterocycles. The zero-order chi connectivity index (χ0) is 37.4. The Balaban J connectivity index is 0.00000756. The van der Waals surface area contributed by atoms with Crippen LogP contribution in [0, 0.1) is 0 Å². The van der Waals surface area contributed by atoms with Crippen molar-refractivity contribution >= 4 is 102 Å². The Bertz CT molecular complexity index is 1920. The summed E-state index contributed by atoms with van der Waals surface area (Å²) in [5, 5.41) is 53.0. The van der Waals surface area contributed by atoms with Crippen molar-refractivity contribution < 1.29 is 173 Å². The molecule has 3 heterocycles. The normalized spacial score (nSPS) is 10.9. The maximum absolute atomic E-state index is 11.0. The third-order valence-corrected chi connectivity index (χ3v) is 8.23. The molecule has 284 valence electrons. The smallest absolute Gasteiger partial charge is 0.748 e. The Kier molecular flexibility index (Phi) is 28.8. The van der Waals surface area contributed by atoms with Crippen molar-refractivity contribution in [3.05, 3.63) is 24.3 Å². The molecule has 0 spiro atoms. The Hall–Kier alpha value is -0.340. The van der Waals surface area contributed by atoms with E-state index >= 15 is 0 Å². The standard InChI is InChI=1S/C22H30N14O12S4.4Na/c37-45-47-49-9-5-23-17-29-18(24-6-10-50-48-46-38)32-21(31-17)27-15-13-3-1-2-4-14(13)16(36-35-15)28-22-33-19(25-7-11-51(39,40)41)30-20(34-22)26-8-12-52(42,43)44;;;;/h1-4,37-38H,5-12H2,(H,39,40,41)(H,42,43,44)(H3,23,24,27,29,31,32,35)(H3,25,26,28,30,33,34,36);;;;/q;4*+1/p-4. The topological polar surface area (TPSA) is 373 Å². The second-order valence-electron chi connectivity index (χ2n) is 9.45. The van der Waals surface area contributed by atoms with Gasteiger partial charge in [-0.3, -0.25) is 10.1 Å². The minimum atomic E-state index is -4.56. The molecule has 0 saturated heterocycles. The van der Waals surface area contributed by atoms with Crippen LogP contribution in [0.5, 0.6) is 0 Å². The third-order valence-electron chi connectivity index (χ3n) is 5.78. The van der Waals surface area contributed by atoms with E-state index < -0.39 is 31.7 Å². The monoisotopic (exact) mass is 898 g/mol. The molecule has 56 heavy (non-hydrogen) atoms. The van der Waals surface area contributed by atoms with Gasteiger partial charge in [-0.25, -0.2) is 16.8 Å². The minimum absolute atomic E-state index is 0. The Morgan fingerprint density at radius 3 is 1.18 bits per heavy atom. The van der Waals surface area contributed by atoms with Crippen LogP contribution < -0.4 is 161 Å². The number of benzene rings is 1. The zero-order valence-corrected chi connectivity index (χ0v) is 41.3. The van der Waals surface area contributed by atoms with Crippen LogP contribution in [0.4, 0.5) is 47.3 Å². The summed E-state index contributed by atoms with van der Waals surface area (Å²) in [6, 6.07) is 6.84. The number of fused-ring (bicyclic) bond motifs is 1. The fraction of sp³-hybridized carbons (Fsp3) is 0.364. The predicted molar refractivity (Wildman–Crippen MR) is 178 cm³/mol. The summed E-state index contributed by atoms with van der Waals surface area (Å²) in [5.41, 5.74) is 0. The zero-order valence-electron chi connectivity index (χ0n) is 30.1. The summed E-state index contributed by atoms with van der Waals surface area (Å²) in [5.74, 6) is -0.919. The average molecular weight is 899 g/mol. The van der Waals surface area contributed by atoms with Crippen LogP contribution in [0.3, 0.4) is 0 Å². The van der Waals surface area contributed by atoms with E-state index in [2.05, 4.69) is 90.7 Å². The van der Waals surface area contributed by atoms with Gasteiger partial charge >= 0.3 is 118 Å². The van der Waals surface area contributed by atoms with E-state index in [1.807, 2.05) is 0 Å². The third kappa shape index (κ3) is 21.3. The van der Waals surface area contributed by atoms with Gasteiger partial charge < -0.3 is 51.5 Å². The van der Waals surface area contributed by atoms with Crippen LogP contribution in [-0.4, -0.2) is 115 Å². The molecule has 0 fully saturated rings. The van der Waals surface area contributed by atoms with Gasteiger partial charge in [-0.15, -0.1) is 10.2 Å². The number of aromatic nitrogens is 8. The molecule has 0 aliphatic rings. The summed E-state index contributed by atoms with van der Waals surface area (Å²) >= 11 is 1.51. The van der Waals surface area contributed by atoms with Gasteiger partial charge in [0.25, 0.3) is 0 Å². The first-order valence-electron chi connectivity index (χ1n) is 14.2. The van der Waals surface area contributed by atoms with Crippen LogP contribution in [0.2, 0.25) is 0 Å². The molecule has 26 nitrogen and oxygen atoms in total. The number of nitrogens with one attached hydrogen (secondary N) is 6. The molecule has 0 unspecified atom stereocenters. The molecule has 0 atom stereocenters. The Morgan fingerprint density at radius 2 is 0.857 bits per heavy atom. The SMILES string of the molecule is O=S(=O)([O-])CCNc1nc(NCCS(=O)(=O)[O-])nc(Nc2nnc(Nc3nc(NCCSOO[O-])nc(NCCSOO[O-])n3)c3ccccc23)n1.[Na+].[Na+].[Na+].[Na+]. The molecule has 0 aliphatic carbocycles. The molecule has 4 rings (SSSR count). The fourth-order valence-corrected chi connectivity index (χ4v) is 5.06. The number of nitrogens with zero attached hydrogens (tertiary/aromatic N) is 8. The molecule has 4 aromatic rings. The predicted octanol–water partition coefficient (Wildman–Crippen LogP) is -14.0.